The molecule has 0 saturated heterocycles. The Morgan fingerprint density at radius 1 is 1.22 bits per heavy atom. The second kappa shape index (κ2) is 6.75. The lowest BCUT2D eigenvalue weighted by Crippen LogP contribution is -2.31. The molecule has 2 nitrogen and oxygen atoms in total. The lowest BCUT2D eigenvalue weighted by molar-refractivity contribution is 0.372. The molecule has 2 unspecified atom stereocenters. The van der Waals surface area contributed by atoms with Crippen LogP contribution in [0.5, 0.6) is 0 Å². The van der Waals surface area contributed by atoms with E-state index in [1.165, 1.54) is 0 Å². The molecule has 0 amide bonds. The van der Waals surface area contributed by atoms with Gasteiger partial charge >= 0.3 is 0 Å². The van der Waals surface area contributed by atoms with Crippen LogP contribution in [0.25, 0.3) is 0 Å². The van der Waals surface area contributed by atoms with Crippen molar-refractivity contribution in [3.05, 3.63) is 35.1 Å². The molecule has 0 fully saturated rings. The molecule has 0 aromatic heterocycles. The van der Waals surface area contributed by atoms with Crippen molar-refractivity contribution in [2.75, 3.05) is 0 Å². The van der Waals surface area contributed by atoms with Crippen LogP contribution in [-0.2, 0) is 0 Å². The third-order valence-corrected chi connectivity index (χ3v) is 3.01. The van der Waals surface area contributed by atoms with Crippen LogP contribution in [0, 0.1) is 23.4 Å². The highest BCUT2D eigenvalue weighted by Gasteiger charge is 2.22. The highest BCUT2D eigenvalue weighted by molar-refractivity contribution is 5.24. The molecule has 18 heavy (non-hydrogen) atoms. The van der Waals surface area contributed by atoms with E-state index in [0.29, 0.717) is 18.6 Å². The summed E-state index contributed by atoms with van der Waals surface area (Å²) in [6, 6.07) is 0.702. The molecule has 0 spiro atoms. The summed E-state index contributed by atoms with van der Waals surface area (Å²) in [5.74, 6) is 2.89. The Balaban J connectivity index is 2.95. The van der Waals surface area contributed by atoms with Crippen molar-refractivity contribution in [1.82, 2.24) is 5.43 Å². The van der Waals surface area contributed by atoms with Gasteiger partial charge < -0.3 is 0 Å². The summed E-state index contributed by atoms with van der Waals surface area (Å²) in [5.41, 5.74) is 2.21. The quantitative estimate of drug-likeness (QED) is 0.607. The fourth-order valence-electron chi connectivity index (χ4n) is 2.17. The van der Waals surface area contributed by atoms with E-state index in [9.17, 15) is 13.2 Å². The smallest absolute Gasteiger partial charge is 0.133 e. The Morgan fingerprint density at radius 2 is 1.78 bits per heavy atom. The third-order valence-electron chi connectivity index (χ3n) is 3.01. The van der Waals surface area contributed by atoms with E-state index in [-0.39, 0.29) is 11.5 Å². The SMILES string of the molecule is CCCC(C)CC(NN)c1c(F)cc(F)cc1F. The first-order chi connectivity index (χ1) is 8.49. The maximum Gasteiger partial charge on any atom is 0.133 e. The van der Waals surface area contributed by atoms with Gasteiger partial charge in [0.05, 0.1) is 6.04 Å². The number of halogens is 3. The van der Waals surface area contributed by atoms with Crippen molar-refractivity contribution >= 4 is 0 Å². The number of rotatable bonds is 6. The molecule has 1 rings (SSSR count). The molecule has 0 bridgehead atoms. The third kappa shape index (κ3) is 3.71. The Bertz CT molecular complexity index is 373. The summed E-state index contributed by atoms with van der Waals surface area (Å²) >= 11 is 0. The van der Waals surface area contributed by atoms with E-state index in [1.54, 1.807) is 0 Å². The van der Waals surface area contributed by atoms with E-state index >= 15 is 0 Å². The standard InChI is InChI=1S/C13H19F3N2/c1-3-4-8(2)5-12(18-17)13-10(15)6-9(14)7-11(13)16/h6-8,12,18H,3-5,17H2,1-2H3. The van der Waals surface area contributed by atoms with Gasteiger partial charge in [-0.2, -0.15) is 0 Å². The molecule has 0 aliphatic carbocycles. The minimum atomic E-state index is -0.925. The minimum Gasteiger partial charge on any atom is -0.271 e. The molecular weight excluding hydrogens is 241 g/mol. The summed E-state index contributed by atoms with van der Waals surface area (Å²) in [4.78, 5) is 0. The molecular formula is C13H19F3N2. The first-order valence-electron chi connectivity index (χ1n) is 6.10. The van der Waals surface area contributed by atoms with Gasteiger partial charge in [-0.05, 0) is 12.3 Å². The maximum atomic E-state index is 13.6. The van der Waals surface area contributed by atoms with Crippen LogP contribution in [-0.4, -0.2) is 0 Å². The molecule has 5 heteroatoms. The van der Waals surface area contributed by atoms with Crippen molar-refractivity contribution in [3.63, 3.8) is 0 Å². The van der Waals surface area contributed by atoms with Crippen molar-refractivity contribution in [1.29, 1.82) is 0 Å². The van der Waals surface area contributed by atoms with Crippen LogP contribution in [0.1, 0.15) is 44.7 Å². The van der Waals surface area contributed by atoms with Crippen molar-refractivity contribution in [3.8, 4) is 0 Å². The zero-order chi connectivity index (χ0) is 13.7. The van der Waals surface area contributed by atoms with Gasteiger partial charge in [-0.1, -0.05) is 26.7 Å². The molecule has 1 aromatic rings. The van der Waals surface area contributed by atoms with Gasteiger partial charge in [0.2, 0.25) is 0 Å². The molecule has 102 valence electrons. The van der Waals surface area contributed by atoms with Gasteiger partial charge in [0.1, 0.15) is 17.5 Å². The Morgan fingerprint density at radius 3 is 2.22 bits per heavy atom. The zero-order valence-electron chi connectivity index (χ0n) is 10.6. The number of nitrogens with one attached hydrogen (secondary N) is 1. The first-order valence-corrected chi connectivity index (χ1v) is 6.10. The average molecular weight is 260 g/mol. The normalized spacial score (nSPS) is 14.6. The highest BCUT2D eigenvalue weighted by Crippen LogP contribution is 2.28. The van der Waals surface area contributed by atoms with E-state index in [4.69, 9.17) is 5.84 Å². The zero-order valence-corrected chi connectivity index (χ0v) is 10.6. The van der Waals surface area contributed by atoms with Crippen LogP contribution in [0.15, 0.2) is 12.1 Å². The first kappa shape index (κ1) is 15.0. The lowest BCUT2D eigenvalue weighted by Gasteiger charge is -2.21. The summed E-state index contributed by atoms with van der Waals surface area (Å²) in [6.45, 7) is 4.04. The Hall–Kier alpha value is -1.07. The van der Waals surface area contributed by atoms with E-state index in [0.717, 1.165) is 12.8 Å². The second-order valence-electron chi connectivity index (χ2n) is 4.63. The molecule has 0 radical (unpaired) electrons. The Kier molecular flexibility index (Phi) is 5.62. The molecule has 3 N–H and O–H groups in total. The second-order valence-corrected chi connectivity index (χ2v) is 4.63. The Labute approximate surface area is 105 Å². The topological polar surface area (TPSA) is 38.0 Å². The molecule has 1 aromatic carbocycles. The van der Waals surface area contributed by atoms with Crippen molar-refractivity contribution < 1.29 is 13.2 Å². The molecule has 0 heterocycles. The summed E-state index contributed by atoms with van der Waals surface area (Å²) in [6.07, 6.45) is 2.44. The predicted molar refractivity (Wildman–Crippen MR) is 65.1 cm³/mol. The lowest BCUT2D eigenvalue weighted by atomic mass is 9.93. The fourth-order valence-corrected chi connectivity index (χ4v) is 2.17. The number of hydrazine groups is 1. The number of hydrogen-bond donors (Lipinski definition) is 2. The number of hydrogen-bond acceptors (Lipinski definition) is 2. The molecule has 0 aliphatic rings. The number of benzene rings is 1. The van der Waals surface area contributed by atoms with Gasteiger partial charge in [0, 0.05) is 17.7 Å². The van der Waals surface area contributed by atoms with Gasteiger partial charge in [-0.3, -0.25) is 11.3 Å². The van der Waals surface area contributed by atoms with E-state index < -0.39 is 23.5 Å². The monoisotopic (exact) mass is 260 g/mol. The van der Waals surface area contributed by atoms with Crippen LogP contribution < -0.4 is 11.3 Å². The highest BCUT2D eigenvalue weighted by atomic mass is 19.1. The van der Waals surface area contributed by atoms with E-state index in [1.807, 2.05) is 13.8 Å². The van der Waals surface area contributed by atoms with E-state index in [2.05, 4.69) is 5.43 Å². The molecule has 0 saturated carbocycles. The maximum absolute atomic E-state index is 13.6. The fraction of sp³-hybridized carbons (Fsp3) is 0.538. The van der Waals surface area contributed by atoms with Crippen molar-refractivity contribution in [2.24, 2.45) is 11.8 Å². The van der Waals surface area contributed by atoms with Crippen LogP contribution in [0.3, 0.4) is 0 Å². The van der Waals surface area contributed by atoms with Crippen molar-refractivity contribution in [2.45, 2.75) is 39.2 Å². The average Bonchev–Trinajstić information content (AvgIpc) is 2.26. The predicted octanol–water partition coefficient (Wildman–Crippen LogP) is 3.43. The largest absolute Gasteiger partial charge is 0.271 e. The molecule has 0 aliphatic heterocycles. The van der Waals surface area contributed by atoms with Gasteiger partial charge in [-0.25, -0.2) is 13.2 Å². The van der Waals surface area contributed by atoms with Gasteiger partial charge in [0.15, 0.2) is 0 Å². The summed E-state index contributed by atoms with van der Waals surface area (Å²) in [7, 11) is 0. The van der Waals surface area contributed by atoms with Crippen LogP contribution in [0.4, 0.5) is 13.2 Å². The van der Waals surface area contributed by atoms with Gasteiger partial charge in [0.25, 0.3) is 0 Å². The number of nitrogens with two attached hydrogens (primary N) is 1. The van der Waals surface area contributed by atoms with Crippen LogP contribution in [0.2, 0.25) is 0 Å². The van der Waals surface area contributed by atoms with Crippen LogP contribution >= 0.6 is 0 Å². The van der Waals surface area contributed by atoms with Gasteiger partial charge in [-0.15, -0.1) is 0 Å². The summed E-state index contributed by atoms with van der Waals surface area (Å²) < 4.78 is 40.0. The molecule has 2 atom stereocenters. The minimum absolute atomic E-state index is 0.193. The summed E-state index contributed by atoms with van der Waals surface area (Å²) in [5, 5.41) is 0.